The van der Waals surface area contributed by atoms with Crippen molar-refractivity contribution in [3.63, 3.8) is 0 Å². The van der Waals surface area contributed by atoms with Crippen LogP contribution in [0.15, 0.2) is 36.7 Å². The molecule has 2 N–H and O–H groups in total. The van der Waals surface area contributed by atoms with Crippen molar-refractivity contribution in [2.45, 2.75) is 25.7 Å². The third-order valence-corrected chi connectivity index (χ3v) is 6.12. The second kappa shape index (κ2) is 12.2. The van der Waals surface area contributed by atoms with E-state index in [1.54, 1.807) is 12.1 Å². The summed E-state index contributed by atoms with van der Waals surface area (Å²) in [5.41, 5.74) is 0.302. The van der Waals surface area contributed by atoms with Gasteiger partial charge >= 0.3 is 6.03 Å². The smallest absolute Gasteiger partial charge is 0.319 e. The number of hydrogen-bond donors (Lipinski definition) is 2. The van der Waals surface area contributed by atoms with E-state index in [1.807, 2.05) is 0 Å². The minimum Gasteiger partial charge on any atom is -0.493 e. The van der Waals surface area contributed by atoms with E-state index in [4.69, 9.17) is 14.2 Å². The molecular formula is C25H30N6O6. The number of fused-ring (bicyclic) bond motifs is 1. The van der Waals surface area contributed by atoms with Crippen molar-refractivity contribution in [2.75, 3.05) is 45.7 Å². The van der Waals surface area contributed by atoms with Crippen LogP contribution in [-0.2, 0) is 0 Å². The molecule has 0 unspecified atom stereocenters. The molecule has 2 heterocycles. The minimum absolute atomic E-state index is 0.0600. The number of anilines is 1. The summed E-state index contributed by atoms with van der Waals surface area (Å²) in [5, 5.41) is 17.6. The van der Waals surface area contributed by atoms with Crippen molar-refractivity contribution in [1.82, 2.24) is 20.2 Å². The molecule has 12 heteroatoms. The van der Waals surface area contributed by atoms with E-state index in [0.717, 1.165) is 26.1 Å². The quantitative estimate of drug-likeness (QED) is 0.231. The summed E-state index contributed by atoms with van der Waals surface area (Å²) in [5.74, 6) is 1.32. The van der Waals surface area contributed by atoms with Gasteiger partial charge in [0.2, 0.25) is 5.88 Å². The maximum atomic E-state index is 12.3. The molecule has 0 bridgehead atoms. The topological polar surface area (TPSA) is 141 Å². The summed E-state index contributed by atoms with van der Waals surface area (Å²) in [7, 11) is 3.03. The minimum atomic E-state index is -0.579. The number of piperidine rings is 1. The molecule has 3 aromatic rings. The Morgan fingerprint density at radius 2 is 1.84 bits per heavy atom. The number of likely N-dealkylation sites (tertiary alicyclic amines) is 1. The van der Waals surface area contributed by atoms with Gasteiger partial charge in [-0.2, -0.15) is 0 Å². The molecule has 37 heavy (non-hydrogen) atoms. The Kier molecular flexibility index (Phi) is 8.52. The molecule has 1 aromatic heterocycles. The normalized spacial score (nSPS) is 13.7. The zero-order valence-corrected chi connectivity index (χ0v) is 20.9. The van der Waals surface area contributed by atoms with E-state index in [-0.39, 0.29) is 23.0 Å². The van der Waals surface area contributed by atoms with Crippen LogP contribution in [0.3, 0.4) is 0 Å². The number of carbonyl (C=O) groups excluding carboxylic acids is 1. The molecule has 12 nitrogen and oxygen atoms in total. The Labute approximate surface area is 214 Å². The molecule has 0 radical (unpaired) electrons. The third kappa shape index (κ3) is 6.53. The summed E-state index contributed by atoms with van der Waals surface area (Å²) in [4.78, 5) is 34.3. The lowest BCUT2D eigenvalue weighted by molar-refractivity contribution is -0.384. The zero-order valence-electron chi connectivity index (χ0n) is 20.9. The molecule has 1 aliphatic rings. The lowest BCUT2D eigenvalue weighted by Gasteiger charge is -2.26. The van der Waals surface area contributed by atoms with Crippen molar-refractivity contribution in [3.8, 4) is 23.1 Å². The average molecular weight is 511 g/mol. The highest BCUT2D eigenvalue weighted by molar-refractivity contribution is 5.92. The van der Waals surface area contributed by atoms with Crippen LogP contribution in [-0.4, -0.2) is 66.2 Å². The Morgan fingerprint density at radius 3 is 2.57 bits per heavy atom. The fraction of sp³-hybridized carbons (Fsp3) is 0.400. The Balaban J connectivity index is 1.43. The molecule has 2 amide bonds. The average Bonchev–Trinajstić information content (AvgIpc) is 2.91. The highest BCUT2D eigenvalue weighted by Crippen LogP contribution is 2.37. The summed E-state index contributed by atoms with van der Waals surface area (Å²) >= 11 is 0. The SMILES string of the molecule is COc1cc2ncnc(Oc3ccc(NC(=O)NCCCN4CCCCC4)c([N+](=O)[O-])c3)c2cc1OC. The van der Waals surface area contributed by atoms with Crippen LogP contribution >= 0.6 is 0 Å². The predicted octanol–water partition coefficient (Wildman–Crippen LogP) is 4.35. The summed E-state index contributed by atoms with van der Waals surface area (Å²) < 4.78 is 16.5. The number of ether oxygens (including phenoxy) is 3. The number of aromatic nitrogens is 2. The van der Waals surface area contributed by atoms with E-state index in [9.17, 15) is 14.9 Å². The van der Waals surface area contributed by atoms with Gasteiger partial charge in [0.15, 0.2) is 11.5 Å². The summed E-state index contributed by atoms with van der Waals surface area (Å²) in [6, 6.07) is 7.03. The van der Waals surface area contributed by atoms with Crippen LogP contribution in [0.25, 0.3) is 10.9 Å². The lowest BCUT2D eigenvalue weighted by Crippen LogP contribution is -2.34. The highest BCUT2D eigenvalue weighted by Gasteiger charge is 2.19. The van der Waals surface area contributed by atoms with Gasteiger partial charge in [0, 0.05) is 12.6 Å². The number of nitrogens with one attached hydrogen (secondary N) is 2. The van der Waals surface area contributed by atoms with Gasteiger partial charge in [0.05, 0.1) is 36.1 Å². The van der Waals surface area contributed by atoms with Crippen LogP contribution in [0.5, 0.6) is 23.1 Å². The number of methoxy groups -OCH3 is 2. The lowest BCUT2D eigenvalue weighted by atomic mass is 10.1. The second-order valence-corrected chi connectivity index (χ2v) is 8.58. The fourth-order valence-electron chi connectivity index (χ4n) is 4.24. The number of hydrogen-bond acceptors (Lipinski definition) is 9. The van der Waals surface area contributed by atoms with E-state index in [2.05, 4.69) is 25.5 Å². The van der Waals surface area contributed by atoms with Gasteiger partial charge < -0.3 is 29.7 Å². The maximum absolute atomic E-state index is 12.3. The maximum Gasteiger partial charge on any atom is 0.319 e. The van der Waals surface area contributed by atoms with Gasteiger partial charge in [-0.3, -0.25) is 10.1 Å². The number of nitro benzene ring substituents is 1. The molecular weight excluding hydrogens is 480 g/mol. The predicted molar refractivity (Wildman–Crippen MR) is 138 cm³/mol. The van der Waals surface area contributed by atoms with Crippen LogP contribution in [0.4, 0.5) is 16.2 Å². The second-order valence-electron chi connectivity index (χ2n) is 8.58. The van der Waals surface area contributed by atoms with E-state index >= 15 is 0 Å². The number of urea groups is 1. The third-order valence-electron chi connectivity index (χ3n) is 6.12. The number of carbonyl (C=O) groups is 1. The van der Waals surface area contributed by atoms with E-state index in [1.165, 1.54) is 58.0 Å². The van der Waals surface area contributed by atoms with Crippen molar-refractivity contribution in [3.05, 3.63) is 46.8 Å². The van der Waals surface area contributed by atoms with Gasteiger partial charge in [0.25, 0.3) is 5.69 Å². The van der Waals surface area contributed by atoms with Gasteiger partial charge in [-0.25, -0.2) is 14.8 Å². The van der Waals surface area contributed by atoms with E-state index in [0.29, 0.717) is 28.9 Å². The molecule has 0 saturated carbocycles. The van der Waals surface area contributed by atoms with E-state index < -0.39 is 11.0 Å². The molecule has 0 spiro atoms. The van der Waals surface area contributed by atoms with Crippen LogP contribution < -0.4 is 24.8 Å². The number of amides is 2. The van der Waals surface area contributed by atoms with Crippen LogP contribution in [0, 0.1) is 10.1 Å². The Hall–Kier alpha value is -4.19. The first-order chi connectivity index (χ1) is 18.0. The van der Waals surface area contributed by atoms with Gasteiger partial charge in [0.1, 0.15) is 17.8 Å². The molecule has 1 saturated heterocycles. The van der Waals surface area contributed by atoms with Crippen molar-refractivity contribution in [2.24, 2.45) is 0 Å². The number of rotatable bonds is 10. The van der Waals surface area contributed by atoms with Crippen molar-refractivity contribution < 1.29 is 23.9 Å². The van der Waals surface area contributed by atoms with Gasteiger partial charge in [-0.1, -0.05) is 6.42 Å². The first-order valence-corrected chi connectivity index (χ1v) is 12.1. The number of nitro groups is 1. The first-order valence-electron chi connectivity index (χ1n) is 12.1. The molecule has 4 rings (SSSR count). The van der Waals surface area contributed by atoms with Gasteiger partial charge in [-0.05, 0) is 57.1 Å². The van der Waals surface area contributed by atoms with Crippen LogP contribution in [0.1, 0.15) is 25.7 Å². The van der Waals surface area contributed by atoms with Crippen LogP contribution in [0.2, 0.25) is 0 Å². The molecule has 2 aromatic carbocycles. The molecule has 1 aliphatic heterocycles. The number of nitrogens with zero attached hydrogens (tertiary/aromatic N) is 4. The Morgan fingerprint density at radius 1 is 1.08 bits per heavy atom. The van der Waals surface area contributed by atoms with Crippen molar-refractivity contribution in [1.29, 1.82) is 0 Å². The van der Waals surface area contributed by atoms with Crippen molar-refractivity contribution >= 4 is 28.3 Å². The Bertz CT molecular complexity index is 1260. The zero-order chi connectivity index (χ0) is 26.2. The summed E-state index contributed by atoms with van der Waals surface area (Å²) in [6.07, 6.45) is 5.84. The molecule has 1 fully saturated rings. The summed E-state index contributed by atoms with van der Waals surface area (Å²) in [6.45, 7) is 3.59. The highest BCUT2D eigenvalue weighted by atomic mass is 16.6. The largest absolute Gasteiger partial charge is 0.493 e. The standard InChI is InChI=1S/C25H30N6O6/c1-35-22-14-18-20(15-23(22)36-2)27-16-28-24(18)37-17-7-8-19(21(13-17)31(33)34)29-25(32)26-9-6-12-30-10-4-3-5-11-30/h7-8,13-16H,3-6,9-12H2,1-2H3,(H2,26,29,32). The monoisotopic (exact) mass is 510 g/mol. The fourth-order valence-corrected chi connectivity index (χ4v) is 4.24. The molecule has 0 atom stereocenters. The number of benzene rings is 2. The molecule has 0 aliphatic carbocycles. The van der Waals surface area contributed by atoms with Gasteiger partial charge in [-0.15, -0.1) is 0 Å². The molecule has 196 valence electrons. The first kappa shape index (κ1) is 25.9.